The molecule has 0 saturated heterocycles. The van der Waals surface area contributed by atoms with Crippen molar-refractivity contribution >= 4 is 5.78 Å². The Kier molecular flexibility index (Phi) is 3.05. The molecule has 0 spiro atoms. The van der Waals surface area contributed by atoms with Crippen LogP contribution in [-0.2, 0) is 24.6 Å². The summed E-state index contributed by atoms with van der Waals surface area (Å²) in [4.78, 5) is 12.3. The Hall–Kier alpha value is -1.39. The van der Waals surface area contributed by atoms with Crippen LogP contribution in [0.1, 0.15) is 21.5 Å². The number of rotatable bonds is 0. The van der Waals surface area contributed by atoms with Crippen LogP contribution in [0.4, 0.5) is 0 Å². The van der Waals surface area contributed by atoms with Gasteiger partial charge in [0.15, 0.2) is 0 Å². The Labute approximate surface area is 119 Å². The van der Waals surface area contributed by atoms with Crippen molar-refractivity contribution in [1.29, 1.82) is 0 Å². The van der Waals surface area contributed by atoms with Crippen molar-refractivity contribution < 1.29 is 29.4 Å². The van der Waals surface area contributed by atoms with E-state index in [4.69, 9.17) is 0 Å². The van der Waals surface area contributed by atoms with Gasteiger partial charge in [-0.25, -0.2) is 0 Å². The van der Waals surface area contributed by atoms with Crippen LogP contribution >= 0.6 is 0 Å². The van der Waals surface area contributed by atoms with Crippen molar-refractivity contribution in [1.82, 2.24) is 0 Å². The number of fused-ring (bicyclic) bond motifs is 3. The van der Waals surface area contributed by atoms with Crippen molar-refractivity contribution in [3.63, 3.8) is 0 Å². The molecule has 1 aliphatic carbocycles. The Morgan fingerprint density at radius 2 is 1.67 bits per heavy atom. The van der Waals surface area contributed by atoms with E-state index in [1.54, 1.807) is 0 Å². The molecule has 1 nitrogen and oxygen atoms in total. The Bertz CT molecular complexity index is 705. The van der Waals surface area contributed by atoms with E-state index in [-0.39, 0.29) is 5.78 Å². The van der Waals surface area contributed by atoms with Crippen LogP contribution in [0.5, 0.6) is 0 Å². The zero-order valence-electron chi connectivity index (χ0n) is 10.2. The topological polar surface area (TPSA) is 17.1 Å². The normalized spacial score (nSPS) is 11.1. The molecule has 0 saturated carbocycles. The number of carbonyl (C=O) groups is 1. The zero-order chi connectivity index (χ0) is 12.5. The number of ketones is 1. The number of carbonyl (C=O) groups excluding carboxylic acids is 1. The van der Waals surface area contributed by atoms with E-state index < -0.39 is 24.6 Å². The van der Waals surface area contributed by atoms with Crippen LogP contribution in [0.3, 0.4) is 0 Å². The molecule has 0 atom stereocenters. The molecule has 0 radical (unpaired) electrons. The Morgan fingerprint density at radius 3 is 2.44 bits per heavy atom. The molecule has 0 amide bonds. The molecule has 82 valence electrons. The van der Waals surface area contributed by atoms with E-state index >= 15 is 0 Å². The van der Waals surface area contributed by atoms with Crippen molar-refractivity contribution in [2.75, 3.05) is 0 Å². The second kappa shape index (κ2) is 4.70. The number of benzene rings is 2. The Morgan fingerprint density at radius 1 is 0.944 bits per heavy atom. The summed E-state index contributed by atoms with van der Waals surface area (Å²) >= 11 is -0.901. The van der Waals surface area contributed by atoms with Gasteiger partial charge in [0, 0.05) is 0 Å². The molecule has 2 heteroatoms. The number of hydrogen-bond donors (Lipinski definition) is 0. The van der Waals surface area contributed by atoms with Crippen molar-refractivity contribution in [3.8, 4) is 20.5 Å². The summed E-state index contributed by atoms with van der Waals surface area (Å²) in [7, 11) is 0. The molecule has 1 aliphatic rings. The quantitative estimate of drug-likeness (QED) is 0.404. The van der Waals surface area contributed by atoms with Gasteiger partial charge in [0.25, 0.3) is 0 Å². The van der Waals surface area contributed by atoms with Gasteiger partial charge in [-0.15, -0.1) is 0 Å². The number of hydrogen-bond acceptors (Lipinski definition) is 1. The fourth-order valence-corrected chi connectivity index (χ4v) is 3.78. The first-order valence-electron chi connectivity index (χ1n) is 6.08. The van der Waals surface area contributed by atoms with Crippen LogP contribution in [0.25, 0.3) is 11.1 Å². The molecule has 3 rings (SSSR count). The molecule has 2 aromatic rings. The van der Waals surface area contributed by atoms with Gasteiger partial charge in [0.1, 0.15) is 0 Å². The molecule has 0 heterocycles. The first kappa shape index (κ1) is 11.7. The second-order valence-electron chi connectivity index (χ2n) is 4.29. The molecule has 0 aliphatic heterocycles. The predicted octanol–water partition coefficient (Wildman–Crippen LogP) is 3.34. The predicted molar refractivity (Wildman–Crippen MR) is 68.1 cm³/mol. The van der Waals surface area contributed by atoms with Crippen LogP contribution in [0, 0.1) is 9.35 Å². The fraction of sp³-hybridized carbons (Fsp3) is 0.0625. The SMILES string of the molecule is [CH3][Hg][C]#Cc1ccc2c(c1)C(=O)c1ccccc1-2. The summed E-state index contributed by atoms with van der Waals surface area (Å²) in [5.41, 5.74) is 4.68. The summed E-state index contributed by atoms with van der Waals surface area (Å²) in [6.45, 7) is 0. The van der Waals surface area contributed by atoms with E-state index in [9.17, 15) is 4.79 Å². The zero-order valence-corrected chi connectivity index (χ0v) is 15.7. The van der Waals surface area contributed by atoms with Crippen LogP contribution in [-0.4, -0.2) is 5.78 Å². The first-order valence-corrected chi connectivity index (χ1v) is 14.3. The summed E-state index contributed by atoms with van der Waals surface area (Å²) < 4.78 is 5.49. The summed E-state index contributed by atoms with van der Waals surface area (Å²) in [6.07, 6.45) is 0. The third-order valence-electron chi connectivity index (χ3n) is 3.14. The van der Waals surface area contributed by atoms with Gasteiger partial charge in [0.2, 0.25) is 0 Å². The third kappa shape index (κ3) is 1.81. The van der Waals surface area contributed by atoms with Crippen molar-refractivity contribution in [2.24, 2.45) is 0 Å². The van der Waals surface area contributed by atoms with Gasteiger partial charge < -0.3 is 0 Å². The van der Waals surface area contributed by atoms with E-state index in [2.05, 4.69) is 13.8 Å². The van der Waals surface area contributed by atoms with E-state index in [1.165, 1.54) is 0 Å². The van der Waals surface area contributed by atoms with E-state index in [0.29, 0.717) is 0 Å². The fourth-order valence-electron chi connectivity index (χ4n) is 2.30. The molecule has 0 unspecified atom stereocenters. The standard InChI is InChI=1S/C15H7O.CH3.Hg/c1-2-10-7-8-12-11-5-3-4-6-13(11)15(16)14(12)9-10;;/h3-9H;1H3;. The van der Waals surface area contributed by atoms with Crippen LogP contribution in [0.2, 0.25) is 4.43 Å². The summed E-state index contributed by atoms with van der Waals surface area (Å²) in [5.74, 6) is 3.30. The van der Waals surface area contributed by atoms with E-state index in [1.807, 2.05) is 42.5 Å². The maximum absolute atomic E-state index is 12.3. The van der Waals surface area contributed by atoms with Crippen molar-refractivity contribution in [3.05, 3.63) is 59.2 Å². The second-order valence-corrected chi connectivity index (χ2v) is 8.41. The maximum atomic E-state index is 12.3. The van der Waals surface area contributed by atoms with Gasteiger partial charge in [0.05, 0.1) is 0 Å². The van der Waals surface area contributed by atoms with Gasteiger partial charge in [-0.2, -0.15) is 0 Å². The summed E-state index contributed by atoms with van der Waals surface area (Å²) in [5, 5.41) is 0. The van der Waals surface area contributed by atoms with Gasteiger partial charge in [-0.05, 0) is 0 Å². The van der Waals surface area contributed by atoms with Crippen LogP contribution < -0.4 is 0 Å². The first-order chi connectivity index (χ1) is 8.81. The van der Waals surface area contributed by atoms with E-state index in [0.717, 1.165) is 27.8 Å². The Balaban J connectivity index is 2.17. The van der Waals surface area contributed by atoms with Crippen molar-refractivity contribution in [2.45, 2.75) is 4.43 Å². The van der Waals surface area contributed by atoms with Gasteiger partial charge in [-0.3, -0.25) is 0 Å². The summed E-state index contributed by atoms with van der Waals surface area (Å²) in [6, 6.07) is 13.8. The molecule has 18 heavy (non-hydrogen) atoms. The van der Waals surface area contributed by atoms with Gasteiger partial charge >= 0.3 is 119 Å². The molecule has 0 N–H and O–H groups in total. The minimum atomic E-state index is -0.901. The molecule has 2 aromatic carbocycles. The molecular formula is C16H10HgO. The average Bonchev–Trinajstić information content (AvgIpc) is 2.71. The third-order valence-corrected chi connectivity index (χ3v) is 5.20. The molecule has 0 fully saturated rings. The monoisotopic (exact) mass is 420 g/mol. The van der Waals surface area contributed by atoms with Crippen LogP contribution in [0.15, 0.2) is 42.5 Å². The molecule has 0 bridgehead atoms. The molecular weight excluding hydrogens is 409 g/mol. The minimum absolute atomic E-state index is 0.130. The molecule has 0 aromatic heterocycles. The average molecular weight is 419 g/mol. The van der Waals surface area contributed by atoms with Gasteiger partial charge in [-0.1, -0.05) is 0 Å².